The van der Waals surface area contributed by atoms with E-state index in [2.05, 4.69) is 325 Å². The summed E-state index contributed by atoms with van der Waals surface area (Å²) in [6, 6.07) is 118. The zero-order chi connectivity index (χ0) is 58.3. The summed E-state index contributed by atoms with van der Waals surface area (Å²) in [5.41, 5.74) is 21.5. The smallest absolute Gasteiger partial charge is 0.0737 e. The van der Waals surface area contributed by atoms with Gasteiger partial charge in [0.15, 0.2) is 0 Å². The van der Waals surface area contributed by atoms with E-state index in [1.807, 2.05) is 22.7 Å². The number of anilines is 6. The molecule has 0 saturated heterocycles. The molecule has 414 valence electrons. The SMILES string of the molecule is c1ccc(N(c2cccc(-c3ccc4c5c(ccc4c3)-c3ccc4cc(-c6cccc(N(c7ccccc7)c7cccc8c7sc7ccccc78)c6)ccc4c3C53c4ccccc4-c4c3ccc3ccccc43)c2)c2cccc3c2sc2ccccc23)cc1. The first-order chi connectivity index (χ1) is 44.1. The number of rotatable bonds is 8. The molecule has 2 aliphatic rings. The van der Waals surface area contributed by atoms with Gasteiger partial charge in [-0.05, 0) is 184 Å². The number of hydrogen-bond donors (Lipinski definition) is 0. The number of para-hydroxylation sites is 2. The van der Waals surface area contributed by atoms with Gasteiger partial charge < -0.3 is 9.80 Å². The molecule has 0 N–H and O–H groups in total. The van der Waals surface area contributed by atoms with Gasteiger partial charge in [0.2, 0.25) is 0 Å². The maximum absolute atomic E-state index is 2.46. The van der Waals surface area contributed by atoms with E-state index < -0.39 is 5.41 Å². The quantitative estimate of drug-likeness (QED) is 0.150. The van der Waals surface area contributed by atoms with Crippen LogP contribution in [-0.2, 0) is 5.41 Å². The first kappa shape index (κ1) is 50.3. The van der Waals surface area contributed by atoms with E-state index in [9.17, 15) is 0 Å². The molecule has 0 fully saturated rings. The van der Waals surface area contributed by atoms with Gasteiger partial charge in [0.05, 0.1) is 26.2 Å². The Balaban J connectivity index is 0.776. The lowest BCUT2D eigenvalue weighted by Gasteiger charge is -2.32. The molecule has 19 rings (SSSR count). The number of nitrogens with zero attached hydrogens (tertiary/aromatic N) is 2. The van der Waals surface area contributed by atoms with Crippen LogP contribution < -0.4 is 9.80 Å². The first-order valence-corrected chi connectivity index (χ1v) is 32.3. The molecule has 0 aliphatic heterocycles. The zero-order valence-corrected chi connectivity index (χ0v) is 49.9. The Bertz CT molecular complexity index is 5490. The summed E-state index contributed by atoms with van der Waals surface area (Å²) < 4.78 is 5.16. The van der Waals surface area contributed by atoms with E-state index in [1.165, 1.54) is 151 Å². The molecule has 0 bridgehead atoms. The summed E-state index contributed by atoms with van der Waals surface area (Å²) in [4.78, 5) is 4.88. The molecule has 2 nitrogen and oxygen atoms in total. The number of hydrogen-bond acceptors (Lipinski definition) is 4. The van der Waals surface area contributed by atoms with Crippen LogP contribution in [0.25, 0.3) is 117 Å². The molecule has 1 spiro atoms. The second-order valence-corrected chi connectivity index (χ2v) is 25.9. The second kappa shape index (κ2) is 19.6. The number of fused-ring (bicyclic) bond motifs is 22. The molecule has 0 atom stereocenters. The van der Waals surface area contributed by atoms with Crippen molar-refractivity contribution in [2.24, 2.45) is 0 Å². The van der Waals surface area contributed by atoms with Gasteiger partial charge in [-0.15, -0.1) is 22.7 Å². The normalized spacial score (nSPS) is 12.8. The second-order valence-electron chi connectivity index (χ2n) is 23.8. The van der Waals surface area contributed by atoms with Crippen LogP contribution in [-0.4, -0.2) is 0 Å². The fourth-order valence-corrected chi connectivity index (χ4v) is 17.9. The van der Waals surface area contributed by atoms with Crippen LogP contribution >= 0.6 is 22.7 Å². The summed E-state index contributed by atoms with van der Waals surface area (Å²) >= 11 is 3.74. The monoisotopic (exact) mass is 1160 g/mol. The van der Waals surface area contributed by atoms with Crippen molar-refractivity contribution in [3.63, 3.8) is 0 Å². The molecule has 89 heavy (non-hydrogen) atoms. The van der Waals surface area contributed by atoms with Gasteiger partial charge in [0, 0.05) is 53.7 Å². The van der Waals surface area contributed by atoms with E-state index in [4.69, 9.17) is 0 Å². The summed E-state index contributed by atoms with van der Waals surface area (Å²) in [6.07, 6.45) is 0. The highest BCUT2D eigenvalue weighted by molar-refractivity contribution is 7.26. The Hall–Kier alpha value is -10.9. The summed E-state index contributed by atoms with van der Waals surface area (Å²) in [6.45, 7) is 0. The molecule has 4 heteroatoms. The molecule has 2 aliphatic carbocycles. The fraction of sp³-hybridized carbons (Fsp3) is 0.0118. The van der Waals surface area contributed by atoms with Crippen LogP contribution in [0.5, 0.6) is 0 Å². The van der Waals surface area contributed by atoms with E-state index in [0.717, 1.165) is 22.7 Å². The Morgan fingerprint density at radius 3 is 1.25 bits per heavy atom. The van der Waals surface area contributed by atoms with Crippen molar-refractivity contribution in [2.45, 2.75) is 5.41 Å². The molecule has 0 amide bonds. The molecule has 0 radical (unpaired) electrons. The Morgan fingerprint density at radius 2 is 0.685 bits per heavy atom. The van der Waals surface area contributed by atoms with Crippen LogP contribution in [0.1, 0.15) is 22.3 Å². The number of thiophene rings is 2. The Morgan fingerprint density at radius 1 is 0.247 bits per heavy atom. The Labute approximate surface area is 523 Å². The molecular formula is C85H52N2S2. The van der Waals surface area contributed by atoms with Crippen molar-refractivity contribution in [3.05, 3.63) is 338 Å². The van der Waals surface area contributed by atoms with Crippen LogP contribution in [0, 0.1) is 0 Å². The molecule has 2 aromatic heterocycles. The molecule has 17 aromatic rings. The first-order valence-electron chi connectivity index (χ1n) is 30.6. The minimum atomic E-state index is -0.615. The topological polar surface area (TPSA) is 6.48 Å². The van der Waals surface area contributed by atoms with Gasteiger partial charge >= 0.3 is 0 Å². The van der Waals surface area contributed by atoms with Crippen LogP contribution in [0.2, 0.25) is 0 Å². The molecule has 15 aromatic carbocycles. The number of benzene rings is 15. The van der Waals surface area contributed by atoms with Crippen molar-refractivity contribution < 1.29 is 0 Å². The molecular weight excluding hydrogens is 1110 g/mol. The molecule has 2 heterocycles. The van der Waals surface area contributed by atoms with Gasteiger partial charge in [-0.25, -0.2) is 0 Å². The third kappa shape index (κ3) is 7.42. The lowest BCUT2D eigenvalue weighted by molar-refractivity contribution is 0.810. The highest BCUT2D eigenvalue weighted by atomic mass is 32.1. The van der Waals surface area contributed by atoms with Crippen LogP contribution in [0.3, 0.4) is 0 Å². The van der Waals surface area contributed by atoms with E-state index in [1.54, 1.807) is 0 Å². The van der Waals surface area contributed by atoms with Gasteiger partial charge in [0.1, 0.15) is 0 Å². The van der Waals surface area contributed by atoms with Crippen molar-refractivity contribution in [1.29, 1.82) is 0 Å². The van der Waals surface area contributed by atoms with Gasteiger partial charge in [-0.3, -0.25) is 0 Å². The lowest BCUT2D eigenvalue weighted by Crippen LogP contribution is -2.26. The van der Waals surface area contributed by atoms with Crippen molar-refractivity contribution in [3.8, 4) is 44.5 Å². The average Bonchev–Trinajstić information content (AvgIpc) is 1.50. The maximum Gasteiger partial charge on any atom is 0.0737 e. The van der Waals surface area contributed by atoms with Crippen molar-refractivity contribution >= 4 is 129 Å². The van der Waals surface area contributed by atoms with E-state index in [-0.39, 0.29) is 0 Å². The standard InChI is InChI=1S/C85H52N2S2/c1-3-22-60(23-4-1)86(76-35-17-32-71-67-29-10-13-37-78(67)88-83(71)76)62-26-15-20-54(51-62)56-39-44-65-58(49-56)41-46-69-70-47-42-59-50-57(40-45-66(59)82(70)85(81(65)69)74-34-12-9-31-73(74)80-64-28-8-7-19-53(64)43-48-75(80)85)55-21-16-27-63(52-55)87(61-24-5-2-6-25-61)77-36-18-33-72-68-30-11-14-38-79(68)89-84(72)77/h1-52H. The van der Waals surface area contributed by atoms with Gasteiger partial charge in [0.25, 0.3) is 0 Å². The highest BCUT2D eigenvalue weighted by Crippen LogP contribution is 2.66. The summed E-state index contributed by atoms with van der Waals surface area (Å²) in [5, 5.41) is 12.7. The minimum absolute atomic E-state index is 0.615. The van der Waals surface area contributed by atoms with Gasteiger partial charge in [-0.1, -0.05) is 231 Å². The predicted octanol–water partition coefficient (Wildman–Crippen LogP) is 24.5. The van der Waals surface area contributed by atoms with E-state index in [0.29, 0.717) is 0 Å². The molecule has 0 unspecified atom stereocenters. The van der Waals surface area contributed by atoms with Crippen LogP contribution in [0.4, 0.5) is 34.1 Å². The largest absolute Gasteiger partial charge is 0.309 e. The van der Waals surface area contributed by atoms with Crippen molar-refractivity contribution in [2.75, 3.05) is 9.80 Å². The highest BCUT2D eigenvalue weighted by Gasteiger charge is 2.53. The third-order valence-corrected chi connectivity index (χ3v) is 21.6. The predicted molar refractivity (Wildman–Crippen MR) is 381 cm³/mol. The fourth-order valence-electron chi connectivity index (χ4n) is 15.5. The lowest BCUT2D eigenvalue weighted by atomic mass is 9.68. The minimum Gasteiger partial charge on any atom is -0.309 e. The third-order valence-electron chi connectivity index (χ3n) is 19.2. The Kier molecular flexibility index (Phi) is 11.1. The molecule has 0 saturated carbocycles. The van der Waals surface area contributed by atoms with E-state index >= 15 is 0 Å². The maximum atomic E-state index is 2.46. The summed E-state index contributed by atoms with van der Waals surface area (Å²) in [7, 11) is 0. The van der Waals surface area contributed by atoms with Crippen molar-refractivity contribution in [1.82, 2.24) is 0 Å². The summed E-state index contributed by atoms with van der Waals surface area (Å²) in [5.74, 6) is 0. The van der Waals surface area contributed by atoms with Gasteiger partial charge in [-0.2, -0.15) is 0 Å². The average molecular weight is 1170 g/mol. The zero-order valence-electron chi connectivity index (χ0n) is 48.2. The van der Waals surface area contributed by atoms with Crippen LogP contribution in [0.15, 0.2) is 315 Å².